The van der Waals surface area contributed by atoms with Gasteiger partial charge in [-0.25, -0.2) is 0 Å². The van der Waals surface area contributed by atoms with Gasteiger partial charge in [0.2, 0.25) is 5.91 Å². The second kappa shape index (κ2) is 4.22. The van der Waals surface area contributed by atoms with Crippen molar-refractivity contribution in [2.75, 3.05) is 18.4 Å². The Morgan fingerprint density at radius 2 is 2.29 bits per heavy atom. The van der Waals surface area contributed by atoms with E-state index in [4.69, 9.17) is 0 Å². The Balaban J connectivity index is 1.77. The number of benzene rings is 1. The molecule has 88 valence electrons. The first-order valence-corrected chi connectivity index (χ1v) is 5.92. The first-order valence-electron chi connectivity index (χ1n) is 5.92. The fourth-order valence-electron chi connectivity index (χ4n) is 2.25. The maximum absolute atomic E-state index is 11.9. The van der Waals surface area contributed by atoms with E-state index in [1.807, 2.05) is 30.5 Å². The summed E-state index contributed by atoms with van der Waals surface area (Å²) in [7, 11) is 0. The molecule has 1 aliphatic heterocycles. The minimum Gasteiger partial charge on any atom is -0.361 e. The van der Waals surface area contributed by atoms with Gasteiger partial charge in [0.05, 0.1) is 5.92 Å². The lowest BCUT2D eigenvalue weighted by Crippen LogP contribution is -2.24. The van der Waals surface area contributed by atoms with Crippen LogP contribution in [0.25, 0.3) is 10.9 Å². The zero-order valence-corrected chi connectivity index (χ0v) is 9.49. The second-order valence-electron chi connectivity index (χ2n) is 4.46. The van der Waals surface area contributed by atoms with E-state index in [0.29, 0.717) is 0 Å². The summed E-state index contributed by atoms with van der Waals surface area (Å²) in [6.07, 6.45) is 2.83. The monoisotopic (exact) mass is 229 g/mol. The molecule has 4 nitrogen and oxygen atoms in total. The van der Waals surface area contributed by atoms with Crippen molar-refractivity contribution in [2.24, 2.45) is 5.92 Å². The molecule has 0 spiro atoms. The van der Waals surface area contributed by atoms with E-state index in [1.165, 1.54) is 0 Å². The van der Waals surface area contributed by atoms with E-state index in [2.05, 4.69) is 15.6 Å². The molecule has 1 unspecified atom stereocenters. The van der Waals surface area contributed by atoms with E-state index >= 15 is 0 Å². The number of fused-ring (bicyclic) bond motifs is 1. The van der Waals surface area contributed by atoms with Gasteiger partial charge in [-0.3, -0.25) is 4.79 Å². The van der Waals surface area contributed by atoms with Gasteiger partial charge < -0.3 is 15.6 Å². The largest absolute Gasteiger partial charge is 0.361 e. The average molecular weight is 229 g/mol. The van der Waals surface area contributed by atoms with Crippen LogP contribution < -0.4 is 10.6 Å². The Morgan fingerprint density at radius 3 is 3.12 bits per heavy atom. The maximum atomic E-state index is 11.9. The molecule has 3 N–H and O–H groups in total. The van der Waals surface area contributed by atoms with Crippen LogP contribution in [0.15, 0.2) is 30.5 Å². The van der Waals surface area contributed by atoms with E-state index in [0.717, 1.165) is 36.1 Å². The normalized spacial score (nSPS) is 19.6. The van der Waals surface area contributed by atoms with Crippen molar-refractivity contribution in [3.8, 4) is 0 Å². The molecular weight excluding hydrogens is 214 g/mol. The molecule has 1 aromatic carbocycles. The van der Waals surface area contributed by atoms with Crippen molar-refractivity contribution in [1.29, 1.82) is 0 Å². The molecule has 2 aromatic rings. The van der Waals surface area contributed by atoms with Crippen molar-refractivity contribution in [2.45, 2.75) is 6.42 Å². The molecule has 4 heteroatoms. The predicted molar refractivity (Wildman–Crippen MR) is 67.9 cm³/mol. The fraction of sp³-hybridized carbons (Fsp3) is 0.308. The summed E-state index contributed by atoms with van der Waals surface area (Å²) in [4.78, 5) is 15.1. The van der Waals surface area contributed by atoms with Crippen molar-refractivity contribution in [3.63, 3.8) is 0 Å². The second-order valence-corrected chi connectivity index (χ2v) is 4.46. The number of anilines is 1. The van der Waals surface area contributed by atoms with E-state index in [-0.39, 0.29) is 11.8 Å². The number of carbonyl (C=O) groups excluding carboxylic acids is 1. The van der Waals surface area contributed by atoms with Crippen LogP contribution in [0.2, 0.25) is 0 Å². The van der Waals surface area contributed by atoms with Gasteiger partial charge in [-0.1, -0.05) is 0 Å². The summed E-state index contributed by atoms with van der Waals surface area (Å²) in [5.41, 5.74) is 1.96. The number of hydrogen-bond donors (Lipinski definition) is 3. The molecule has 0 radical (unpaired) electrons. The Hall–Kier alpha value is -1.81. The van der Waals surface area contributed by atoms with Crippen LogP contribution >= 0.6 is 0 Å². The lowest BCUT2D eigenvalue weighted by molar-refractivity contribution is -0.119. The zero-order chi connectivity index (χ0) is 11.7. The van der Waals surface area contributed by atoms with Crippen LogP contribution in [0.5, 0.6) is 0 Å². The quantitative estimate of drug-likeness (QED) is 0.734. The Kier molecular flexibility index (Phi) is 2.57. The lowest BCUT2D eigenvalue weighted by Gasteiger charge is -2.09. The Morgan fingerprint density at radius 1 is 1.35 bits per heavy atom. The van der Waals surface area contributed by atoms with Gasteiger partial charge in [0.25, 0.3) is 0 Å². The minimum atomic E-state index is 0.108. The Bertz CT molecular complexity index is 540. The third-order valence-electron chi connectivity index (χ3n) is 3.25. The van der Waals surface area contributed by atoms with Crippen molar-refractivity contribution in [1.82, 2.24) is 10.3 Å². The molecule has 1 aromatic heterocycles. The standard InChI is InChI=1S/C13H15N3O/c17-13(10-3-5-14-8-10)16-11-1-2-12-9(7-11)4-6-15-12/h1-2,4,6-7,10,14-15H,3,5,8H2,(H,16,17). The molecule has 17 heavy (non-hydrogen) atoms. The topological polar surface area (TPSA) is 56.9 Å². The summed E-state index contributed by atoms with van der Waals surface area (Å²) in [6.45, 7) is 1.73. The molecule has 1 saturated heterocycles. The first-order chi connectivity index (χ1) is 8.33. The van der Waals surface area contributed by atoms with Gasteiger partial charge in [0, 0.05) is 29.3 Å². The Labute approximate surface area is 99.4 Å². The predicted octanol–water partition coefficient (Wildman–Crippen LogP) is 1.72. The SMILES string of the molecule is O=C(Nc1ccc2[nH]ccc2c1)C1CCNC1. The molecule has 1 atom stereocenters. The zero-order valence-electron chi connectivity index (χ0n) is 9.49. The highest BCUT2D eigenvalue weighted by Gasteiger charge is 2.22. The van der Waals surface area contributed by atoms with Crippen LogP contribution in [-0.4, -0.2) is 24.0 Å². The van der Waals surface area contributed by atoms with Crippen LogP contribution in [0, 0.1) is 5.92 Å². The molecule has 1 aliphatic rings. The van der Waals surface area contributed by atoms with E-state index in [1.54, 1.807) is 0 Å². The maximum Gasteiger partial charge on any atom is 0.228 e. The fourth-order valence-corrected chi connectivity index (χ4v) is 2.25. The number of nitrogens with one attached hydrogen (secondary N) is 3. The summed E-state index contributed by atoms with van der Waals surface area (Å²) >= 11 is 0. The van der Waals surface area contributed by atoms with Gasteiger partial charge in [-0.2, -0.15) is 0 Å². The van der Waals surface area contributed by atoms with E-state index < -0.39 is 0 Å². The average Bonchev–Trinajstić information content (AvgIpc) is 2.99. The molecule has 0 bridgehead atoms. The molecule has 2 heterocycles. The van der Waals surface area contributed by atoms with Crippen molar-refractivity contribution in [3.05, 3.63) is 30.5 Å². The molecule has 0 saturated carbocycles. The van der Waals surface area contributed by atoms with Gasteiger partial charge >= 0.3 is 0 Å². The number of hydrogen-bond acceptors (Lipinski definition) is 2. The molecule has 0 aliphatic carbocycles. The smallest absolute Gasteiger partial charge is 0.228 e. The van der Waals surface area contributed by atoms with Gasteiger partial charge in [0.15, 0.2) is 0 Å². The summed E-state index contributed by atoms with van der Waals surface area (Å²) in [5, 5.41) is 7.29. The number of aromatic nitrogens is 1. The van der Waals surface area contributed by atoms with Gasteiger partial charge in [0.1, 0.15) is 0 Å². The van der Waals surface area contributed by atoms with Crippen LogP contribution in [0.4, 0.5) is 5.69 Å². The van der Waals surface area contributed by atoms with Crippen molar-refractivity contribution >= 4 is 22.5 Å². The first kappa shape index (κ1) is 10.4. The molecule has 3 rings (SSSR count). The van der Waals surface area contributed by atoms with E-state index in [9.17, 15) is 4.79 Å². The minimum absolute atomic E-state index is 0.108. The lowest BCUT2D eigenvalue weighted by atomic mass is 10.1. The number of amides is 1. The summed E-state index contributed by atoms with van der Waals surface area (Å²) in [6, 6.07) is 7.91. The van der Waals surface area contributed by atoms with Gasteiger partial charge in [-0.05, 0) is 37.2 Å². The number of carbonyl (C=O) groups is 1. The summed E-state index contributed by atoms with van der Waals surface area (Å²) < 4.78 is 0. The third-order valence-corrected chi connectivity index (χ3v) is 3.25. The summed E-state index contributed by atoms with van der Waals surface area (Å²) in [5.74, 6) is 0.224. The highest BCUT2D eigenvalue weighted by atomic mass is 16.1. The van der Waals surface area contributed by atoms with Crippen LogP contribution in [0.1, 0.15) is 6.42 Å². The molecular formula is C13H15N3O. The number of H-pyrrole nitrogens is 1. The molecule has 1 fully saturated rings. The van der Waals surface area contributed by atoms with Crippen LogP contribution in [0.3, 0.4) is 0 Å². The number of aromatic amines is 1. The highest BCUT2D eigenvalue weighted by molar-refractivity contribution is 5.95. The van der Waals surface area contributed by atoms with Crippen molar-refractivity contribution < 1.29 is 4.79 Å². The highest BCUT2D eigenvalue weighted by Crippen LogP contribution is 2.19. The number of rotatable bonds is 2. The van der Waals surface area contributed by atoms with Gasteiger partial charge in [-0.15, -0.1) is 0 Å². The molecule has 1 amide bonds. The van der Waals surface area contributed by atoms with Crippen LogP contribution in [-0.2, 0) is 4.79 Å². The third kappa shape index (κ3) is 2.03.